The molecule has 0 heterocycles. The van der Waals surface area contributed by atoms with Crippen molar-refractivity contribution in [2.75, 3.05) is 20.2 Å². The predicted molar refractivity (Wildman–Crippen MR) is 80.2 cm³/mol. The van der Waals surface area contributed by atoms with Crippen molar-refractivity contribution in [1.29, 1.82) is 0 Å². The Morgan fingerprint density at radius 2 is 1.59 bits per heavy atom. The smallest absolute Gasteiger partial charge is 0.434 e. The fourth-order valence-corrected chi connectivity index (χ4v) is 1.15. The van der Waals surface area contributed by atoms with Gasteiger partial charge in [0.2, 0.25) is 0 Å². The van der Waals surface area contributed by atoms with Crippen LogP contribution >= 0.6 is 0 Å². The summed E-state index contributed by atoms with van der Waals surface area (Å²) >= 11 is 0. The first-order valence-corrected chi connectivity index (χ1v) is 7.05. The van der Waals surface area contributed by atoms with Gasteiger partial charge in [-0.25, -0.2) is 9.59 Å². The molecule has 0 aromatic heterocycles. The quantitative estimate of drug-likeness (QED) is 0.748. The molecule has 0 radical (unpaired) electrons. The molecule has 0 fully saturated rings. The summed E-state index contributed by atoms with van der Waals surface area (Å²) in [6, 6.07) is 0. The molecule has 8 nitrogen and oxygen atoms in total. The molecule has 8 heteroatoms. The first-order valence-electron chi connectivity index (χ1n) is 7.05. The highest BCUT2D eigenvalue weighted by molar-refractivity contribution is 5.67. The Morgan fingerprint density at radius 1 is 1.09 bits per heavy atom. The van der Waals surface area contributed by atoms with E-state index in [0.29, 0.717) is 0 Å². The SMILES string of the molecule is CN(OCC(O)CNC(=O)OC(C)(C)C)C(=O)OC(C)(C)C. The summed E-state index contributed by atoms with van der Waals surface area (Å²) in [5, 5.41) is 13.0. The van der Waals surface area contributed by atoms with Crippen LogP contribution in [0.25, 0.3) is 0 Å². The van der Waals surface area contributed by atoms with E-state index >= 15 is 0 Å². The predicted octanol–water partition coefficient (Wildman–Crippen LogP) is 1.67. The second-order valence-corrected chi connectivity index (χ2v) is 6.81. The molecule has 0 saturated carbocycles. The van der Waals surface area contributed by atoms with E-state index in [1.807, 2.05) is 0 Å². The molecule has 0 aliphatic carbocycles. The fourth-order valence-electron chi connectivity index (χ4n) is 1.15. The summed E-state index contributed by atoms with van der Waals surface area (Å²) in [5.74, 6) is 0. The van der Waals surface area contributed by atoms with E-state index in [-0.39, 0.29) is 13.2 Å². The van der Waals surface area contributed by atoms with E-state index < -0.39 is 29.5 Å². The molecule has 0 bridgehead atoms. The van der Waals surface area contributed by atoms with Crippen molar-refractivity contribution in [3.8, 4) is 0 Å². The van der Waals surface area contributed by atoms with Crippen molar-refractivity contribution >= 4 is 12.2 Å². The lowest BCUT2D eigenvalue weighted by molar-refractivity contribution is -0.150. The lowest BCUT2D eigenvalue weighted by atomic mass is 10.2. The zero-order valence-electron chi connectivity index (χ0n) is 14.4. The molecule has 1 atom stereocenters. The molecule has 1 unspecified atom stereocenters. The van der Waals surface area contributed by atoms with Crippen LogP contribution in [0.2, 0.25) is 0 Å². The van der Waals surface area contributed by atoms with Crippen LogP contribution in [0.1, 0.15) is 41.5 Å². The first kappa shape index (κ1) is 20.5. The molecule has 2 amide bonds. The zero-order valence-corrected chi connectivity index (χ0v) is 14.4. The normalized spacial score (nSPS) is 13.3. The van der Waals surface area contributed by atoms with E-state index in [4.69, 9.17) is 14.3 Å². The molecule has 0 saturated heterocycles. The molecule has 0 aromatic rings. The average molecular weight is 320 g/mol. The topological polar surface area (TPSA) is 97.3 Å². The van der Waals surface area contributed by atoms with Crippen LogP contribution in [0, 0.1) is 0 Å². The van der Waals surface area contributed by atoms with Crippen LogP contribution in [-0.4, -0.2) is 59.9 Å². The minimum Gasteiger partial charge on any atom is -0.444 e. The number of nitrogens with one attached hydrogen (secondary N) is 1. The van der Waals surface area contributed by atoms with Gasteiger partial charge in [0.1, 0.15) is 17.8 Å². The molecule has 130 valence electrons. The zero-order chi connectivity index (χ0) is 17.6. The van der Waals surface area contributed by atoms with E-state index in [9.17, 15) is 14.7 Å². The van der Waals surface area contributed by atoms with Crippen molar-refractivity contribution < 1.29 is 29.0 Å². The van der Waals surface area contributed by atoms with E-state index in [2.05, 4.69) is 5.32 Å². The number of ether oxygens (including phenoxy) is 2. The number of nitrogens with zero attached hydrogens (tertiary/aromatic N) is 1. The Kier molecular flexibility index (Phi) is 7.61. The van der Waals surface area contributed by atoms with Crippen LogP contribution in [0.4, 0.5) is 9.59 Å². The molecular weight excluding hydrogens is 292 g/mol. The molecule has 0 aromatic carbocycles. The second-order valence-electron chi connectivity index (χ2n) is 6.81. The van der Waals surface area contributed by atoms with Gasteiger partial charge < -0.3 is 19.9 Å². The number of alkyl carbamates (subject to hydrolysis) is 1. The van der Waals surface area contributed by atoms with Crippen LogP contribution in [-0.2, 0) is 14.3 Å². The maximum Gasteiger partial charge on any atom is 0.434 e. The van der Waals surface area contributed by atoms with Crippen molar-refractivity contribution in [3.05, 3.63) is 0 Å². The fraction of sp³-hybridized carbons (Fsp3) is 0.857. The number of aliphatic hydroxyl groups excluding tert-OH is 1. The maximum absolute atomic E-state index is 11.6. The summed E-state index contributed by atoms with van der Waals surface area (Å²) in [7, 11) is 1.38. The minimum absolute atomic E-state index is 0.0585. The third-order valence-electron chi connectivity index (χ3n) is 1.99. The Hall–Kier alpha value is -1.54. The molecule has 2 N–H and O–H groups in total. The number of rotatable bonds is 5. The standard InChI is InChI=1S/C14H28N2O6/c1-13(2,3)21-11(18)15-8-10(17)9-20-16(7)12(19)22-14(4,5)6/h10,17H,8-9H2,1-7H3,(H,15,18). The van der Waals surface area contributed by atoms with Crippen molar-refractivity contribution in [3.63, 3.8) is 0 Å². The van der Waals surface area contributed by atoms with E-state index in [0.717, 1.165) is 5.06 Å². The second kappa shape index (κ2) is 8.19. The van der Waals surface area contributed by atoms with Crippen LogP contribution in [0.3, 0.4) is 0 Å². The van der Waals surface area contributed by atoms with Gasteiger partial charge >= 0.3 is 12.2 Å². The van der Waals surface area contributed by atoms with Gasteiger partial charge in [-0.2, -0.15) is 5.06 Å². The molecule has 22 heavy (non-hydrogen) atoms. The third-order valence-corrected chi connectivity index (χ3v) is 1.99. The van der Waals surface area contributed by atoms with Gasteiger partial charge in [-0.3, -0.25) is 4.84 Å². The van der Waals surface area contributed by atoms with Crippen LogP contribution in [0.15, 0.2) is 0 Å². The third kappa shape index (κ3) is 11.2. The Labute approximate surface area is 131 Å². The lowest BCUT2D eigenvalue weighted by Crippen LogP contribution is -2.40. The molecule has 0 spiro atoms. The van der Waals surface area contributed by atoms with Gasteiger partial charge in [-0.1, -0.05) is 0 Å². The van der Waals surface area contributed by atoms with Gasteiger partial charge in [0.15, 0.2) is 0 Å². The Bertz CT molecular complexity index is 373. The Balaban J connectivity index is 4.01. The number of carbonyl (C=O) groups excluding carboxylic acids is 2. The number of carbonyl (C=O) groups is 2. The monoisotopic (exact) mass is 320 g/mol. The molecular formula is C14H28N2O6. The van der Waals surface area contributed by atoms with Crippen molar-refractivity contribution in [2.24, 2.45) is 0 Å². The molecule has 0 aliphatic heterocycles. The lowest BCUT2D eigenvalue weighted by Gasteiger charge is -2.25. The molecule has 0 rings (SSSR count). The number of amides is 2. The highest BCUT2D eigenvalue weighted by Gasteiger charge is 2.21. The summed E-state index contributed by atoms with van der Waals surface area (Å²) < 4.78 is 10.1. The van der Waals surface area contributed by atoms with Crippen molar-refractivity contribution in [1.82, 2.24) is 10.4 Å². The van der Waals surface area contributed by atoms with Gasteiger partial charge in [-0.05, 0) is 41.5 Å². The van der Waals surface area contributed by atoms with Gasteiger partial charge in [-0.15, -0.1) is 0 Å². The average Bonchev–Trinajstić information content (AvgIpc) is 2.29. The first-order chi connectivity index (χ1) is 9.80. The van der Waals surface area contributed by atoms with Crippen molar-refractivity contribution in [2.45, 2.75) is 58.8 Å². The van der Waals surface area contributed by atoms with Crippen LogP contribution in [0.5, 0.6) is 0 Å². The summed E-state index contributed by atoms with van der Waals surface area (Å²) in [6.07, 6.45) is -2.29. The van der Waals surface area contributed by atoms with E-state index in [1.165, 1.54) is 7.05 Å². The van der Waals surface area contributed by atoms with Gasteiger partial charge in [0, 0.05) is 13.6 Å². The highest BCUT2D eigenvalue weighted by Crippen LogP contribution is 2.09. The maximum atomic E-state index is 11.6. The number of aliphatic hydroxyl groups is 1. The number of hydrogen-bond donors (Lipinski definition) is 2. The minimum atomic E-state index is -0.989. The Morgan fingerprint density at radius 3 is 2.05 bits per heavy atom. The largest absolute Gasteiger partial charge is 0.444 e. The highest BCUT2D eigenvalue weighted by atomic mass is 16.7. The molecule has 0 aliphatic rings. The van der Waals surface area contributed by atoms with Gasteiger partial charge in [0.25, 0.3) is 0 Å². The number of hydrogen-bond acceptors (Lipinski definition) is 6. The van der Waals surface area contributed by atoms with E-state index in [1.54, 1.807) is 41.5 Å². The summed E-state index contributed by atoms with van der Waals surface area (Å²) in [5.41, 5.74) is -1.24. The van der Waals surface area contributed by atoms with Crippen LogP contribution < -0.4 is 5.32 Å². The summed E-state index contributed by atoms with van der Waals surface area (Å²) in [6.45, 7) is 10.2. The van der Waals surface area contributed by atoms with Gasteiger partial charge in [0.05, 0.1) is 6.10 Å². The number of hydroxylamine groups is 2. The summed E-state index contributed by atoms with van der Waals surface area (Å²) in [4.78, 5) is 28.1.